The molecular weight excluding hydrogens is 324 g/mol. The summed E-state index contributed by atoms with van der Waals surface area (Å²) in [5.41, 5.74) is 2.94. The van der Waals surface area contributed by atoms with Crippen molar-refractivity contribution in [1.29, 1.82) is 5.26 Å². The number of hydrogen-bond donors (Lipinski definition) is 1. The summed E-state index contributed by atoms with van der Waals surface area (Å²) in [5, 5.41) is 18.2. The molecule has 0 saturated carbocycles. The number of fused-ring (bicyclic) bond motifs is 1. The molecule has 1 aliphatic heterocycles. The Balaban J connectivity index is 2.33. The molecule has 1 aromatic rings. The summed E-state index contributed by atoms with van der Waals surface area (Å²) in [5.74, 6) is 2.18. The molecule has 0 spiro atoms. The van der Waals surface area contributed by atoms with Gasteiger partial charge in [-0.2, -0.15) is 5.26 Å². The highest BCUT2D eigenvalue weighted by Gasteiger charge is 2.25. The SMILES string of the molecule is CCOc1cc2c(cc1OCC)C(C(C#N)SCCCO)=NCC2. The first-order chi connectivity index (χ1) is 11.7. The second-order valence-electron chi connectivity index (χ2n) is 5.30. The Labute approximate surface area is 147 Å². The van der Waals surface area contributed by atoms with Gasteiger partial charge in [0.15, 0.2) is 11.5 Å². The third-order valence-corrected chi connectivity index (χ3v) is 4.85. The summed E-state index contributed by atoms with van der Waals surface area (Å²) in [6, 6.07) is 6.32. The van der Waals surface area contributed by atoms with Crippen molar-refractivity contribution >= 4 is 17.5 Å². The molecule has 6 heteroatoms. The van der Waals surface area contributed by atoms with Gasteiger partial charge in [-0.15, -0.1) is 11.8 Å². The van der Waals surface area contributed by atoms with Crippen LogP contribution in [0, 0.1) is 11.3 Å². The fourth-order valence-electron chi connectivity index (χ4n) is 2.63. The van der Waals surface area contributed by atoms with Crippen LogP contribution in [0.1, 0.15) is 31.4 Å². The van der Waals surface area contributed by atoms with Gasteiger partial charge in [-0.3, -0.25) is 4.99 Å². The zero-order chi connectivity index (χ0) is 17.4. The molecule has 5 nitrogen and oxygen atoms in total. The molecule has 0 radical (unpaired) electrons. The minimum atomic E-state index is -0.331. The maximum atomic E-state index is 9.54. The Morgan fingerprint density at radius 1 is 1.29 bits per heavy atom. The lowest BCUT2D eigenvalue weighted by atomic mass is 9.95. The average Bonchev–Trinajstić information content (AvgIpc) is 2.59. The quantitative estimate of drug-likeness (QED) is 0.695. The number of aliphatic hydroxyl groups excluding tert-OH is 1. The fourth-order valence-corrected chi connectivity index (χ4v) is 3.60. The van der Waals surface area contributed by atoms with Gasteiger partial charge in [-0.05, 0) is 50.1 Å². The third kappa shape index (κ3) is 4.43. The monoisotopic (exact) mass is 348 g/mol. The highest BCUT2D eigenvalue weighted by molar-refractivity contribution is 8.00. The molecule has 2 rings (SSSR count). The number of ether oxygens (including phenoxy) is 2. The van der Waals surface area contributed by atoms with Gasteiger partial charge in [0.2, 0.25) is 0 Å². The number of benzene rings is 1. The minimum absolute atomic E-state index is 0.139. The van der Waals surface area contributed by atoms with Gasteiger partial charge in [0, 0.05) is 18.7 Å². The van der Waals surface area contributed by atoms with Crippen LogP contribution in [-0.2, 0) is 6.42 Å². The van der Waals surface area contributed by atoms with Gasteiger partial charge in [0.05, 0.1) is 25.0 Å². The van der Waals surface area contributed by atoms with E-state index in [0.717, 1.165) is 34.8 Å². The number of rotatable bonds is 9. The van der Waals surface area contributed by atoms with E-state index in [0.29, 0.717) is 31.9 Å². The van der Waals surface area contributed by atoms with E-state index in [-0.39, 0.29) is 11.9 Å². The molecule has 1 aromatic carbocycles. The summed E-state index contributed by atoms with van der Waals surface area (Å²) >= 11 is 1.53. The van der Waals surface area contributed by atoms with Crippen LogP contribution in [0.4, 0.5) is 0 Å². The van der Waals surface area contributed by atoms with Crippen molar-refractivity contribution in [1.82, 2.24) is 0 Å². The number of nitrogens with zero attached hydrogens (tertiary/aromatic N) is 2. The first-order valence-electron chi connectivity index (χ1n) is 8.34. The van der Waals surface area contributed by atoms with Crippen LogP contribution in [0.2, 0.25) is 0 Å². The Bertz CT molecular complexity index is 625. The molecule has 0 fully saturated rings. The summed E-state index contributed by atoms with van der Waals surface area (Å²) in [6.45, 7) is 5.84. The zero-order valence-electron chi connectivity index (χ0n) is 14.2. The second-order valence-corrected chi connectivity index (χ2v) is 6.51. The van der Waals surface area contributed by atoms with Gasteiger partial charge in [-0.1, -0.05) is 0 Å². The average molecular weight is 348 g/mol. The summed E-state index contributed by atoms with van der Waals surface area (Å²) in [7, 11) is 0. The van der Waals surface area contributed by atoms with Crippen LogP contribution in [0.15, 0.2) is 17.1 Å². The highest BCUT2D eigenvalue weighted by Crippen LogP contribution is 2.35. The Kier molecular flexibility index (Phi) is 7.41. The van der Waals surface area contributed by atoms with Gasteiger partial charge in [-0.25, -0.2) is 0 Å². The standard InChI is InChI=1S/C18H24N2O3S/c1-3-22-15-10-13-6-7-20-18(14(13)11-16(15)23-4-2)17(12-19)24-9-5-8-21/h10-11,17,21H,3-9H2,1-2H3. The number of hydrogen-bond acceptors (Lipinski definition) is 6. The van der Waals surface area contributed by atoms with Crippen molar-refractivity contribution in [2.24, 2.45) is 4.99 Å². The van der Waals surface area contributed by atoms with Crippen LogP contribution in [0.25, 0.3) is 0 Å². The number of thioether (sulfide) groups is 1. The van der Waals surface area contributed by atoms with Crippen molar-refractivity contribution in [3.63, 3.8) is 0 Å². The van der Waals surface area contributed by atoms with Gasteiger partial charge < -0.3 is 14.6 Å². The van der Waals surface area contributed by atoms with Crippen LogP contribution < -0.4 is 9.47 Å². The molecule has 0 amide bonds. The van der Waals surface area contributed by atoms with Gasteiger partial charge >= 0.3 is 0 Å². The summed E-state index contributed by atoms with van der Waals surface area (Å²) in [4.78, 5) is 4.61. The topological polar surface area (TPSA) is 74.8 Å². The first kappa shape index (κ1) is 18.6. The molecule has 24 heavy (non-hydrogen) atoms. The third-order valence-electron chi connectivity index (χ3n) is 3.66. The molecule has 0 aromatic heterocycles. The molecule has 1 aliphatic rings. The fraction of sp³-hybridized carbons (Fsp3) is 0.556. The van der Waals surface area contributed by atoms with E-state index < -0.39 is 0 Å². The predicted molar refractivity (Wildman–Crippen MR) is 97.4 cm³/mol. The van der Waals surface area contributed by atoms with E-state index in [9.17, 15) is 5.26 Å². The van der Waals surface area contributed by atoms with Crippen LogP contribution in [0.3, 0.4) is 0 Å². The second kappa shape index (κ2) is 9.55. The number of aliphatic imine (C=N–C) groups is 1. The van der Waals surface area contributed by atoms with E-state index in [1.165, 1.54) is 11.8 Å². The maximum absolute atomic E-state index is 9.54. The van der Waals surface area contributed by atoms with Crippen LogP contribution in [-0.4, -0.2) is 48.2 Å². The maximum Gasteiger partial charge on any atom is 0.161 e. The molecule has 130 valence electrons. The van der Waals surface area contributed by atoms with E-state index in [1.54, 1.807) is 0 Å². The molecule has 0 bridgehead atoms. The molecule has 1 unspecified atom stereocenters. The molecular formula is C18H24N2O3S. The van der Waals surface area contributed by atoms with Crippen LogP contribution in [0.5, 0.6) is 11.5 Å². The molecule has 1 N–H and O–H groups in total. The van der Waals surface area contributed by atoms with Crippen molar-refractivity contribution in [3.8, 4) is 17.6 Å². The van der Waals surface area contributed by atoms with Crippen molar-refractivity contribution in [2.75, 3.05) is 32.1 Å². The Morgan fingerprint density at radius 3 is 2.62 bits per heavy atom. The van der Waals surface area contributed by atoms with Crippen molar-refractivity contribution in [3.05, 3.63) is 23.3 Å². The Morgan fingerprint density at radius 2 is 2.00 bits per heavy atom. The minimum Gasteiger partial charge on any atom is -0.490 e. The first-order valence-corrected chi connectivity index (χ1v) is 9.39. The molecule has 0 aliphatic carbocycles. The largest absolute Gasteiger partial charge is 0.490 e. The van der Waals surface area contributed by atoms with Gasteiger partial charge in [0.1, 0.15) is 5.25 Å². The molecule has 1 atom stereocenters. The lowest BCUT2D eigenvalue weighted by Gasteiger charge is -2.22. The molecule has 0 saturated heterocycles. The summed E-state index contributed by atoms with van der Waals surface area (Å²) < 4.78 is 11.4. The smallest absolute Gasteiger partial charge is 0.161 e. The normalized spacial score (nSPS) is 14.3. The predicted octanol–water partition coefficient (Wildman–Crippen LogP) is 2.84. The summed E-state index contributed by atoms with van der Waals surface area (Å²) in [6.07, 6.45) is 1.52. The highest BCUT2D eigenvalue weighted by atomic mass is 32.2. The van der Waals surface area contributed by atoms with Crippen molar-refractivity contribution in [2.45, 2.75) is 31.9 Å². The van der Waals surface area contributed by atoms with E-state index in [1.807, 2.05) is 26.0 Å². The molecule has 1 heterocycles. The van der Waals surface area contributed by atoms with E-state index in [2.05, 4.69) is 11.1 Å². The Hall–Kier alpha value is -1.71. The van der Waals surface area contributed by atoms with E-state index in [4.69, 9.17) is 14.6 Å². The van der Waals surface area contributed by atoms with Crippen molar-refractivity contribution < 1.29 is 14.6 Å². The number of nitriles is 1. The zero-order valence-corrected chi connectivity index (χ0v) is 15.1. The lowest BCUT2D eigenvalue weighted by molar-refractivity contribution is 0.287. The van der Waals surface area contributed by atoms with Crippen LogP contribution >= 0.6 is 11.8 Å². The lowest BCUT2D eigenvalue weighted by Crippen LogP contribution is -2.23. The van der Waals surface area contributed by atoms with Gasteiger partial charge in [0.25, 0.3) is 0 Å². The number of aliphatic hydroxyl groups is 1. The van der Waals surface area contributed by atoms with E-state index >= 15 is 0 Å².